The second-order valence-corrected chi connectivity index (χ2v) is 8.35. The van der Waals surface area contributed by atoms with Crippen LogP contribution in [0.5, 0.6) is 0 Å². The average molecular weight is 395 g/mol. The molecular formula is C21H22N4O2S. The molecule has 1 aliphatic heterocycles. The normalized spacial score (nSPS) is 16.7. The van der Waals surface area contributed by atoms with Crippen molar-refractivity contribution in [3.63, 3.8) is 0 Å². The number of hydrogen-bond acceptors (Lipinski definition) is 5. The van der Waals surface area contributed by atoms with Crippen molar-refractivity contribution < 1.29 is 9.59 Å². The summed E-state index contributed by atoms with van der Waals surface area (Å²) in [6, 6.07) is 8.18. The maximum Gasteiger partial charge on any atom is 0.274 e. The lowest BCUT2D eigenvalue weighted by Crippen LogP contribution is -2.31. The van der Waals surface area contributed by atoms with Crippen molar-refractivity contribution in [1.82, 2.24) is 20.2 Å². The number of likely N-dealkylation sites (tertiary alicyclic amines) is 1. The SMILES string of the molecule is CC(C)NC(=O)c1sc2ccccc2c1[C@@H]1CCN(C(=O)c2cnccn2)C1. The topological polar surface area (TPSA) is 75.2 Å². The molecule has 0 bridgehead atoms. The molecule has 1 atom stereocenters. The molecule has 0 saturated carbocycles. The Balaban J connectivity index is 1.65. The summed E-state index contributed by atoms with van der Waals surface area (Å²) in [5.74, 6) is -0.0158. The Bertz CT molecular complexity index is 1020. The van der Waals surface area contributed by atoms with E-state index in [4.69, 9.17) is 0 Å². The van der Waals surface area contributed by atoms with Gasteiger partial charge in [-0.15, -0.1) is 11.3 Å². The quantitative estimate of drug-likeness (QED) is 0.735. The third kappa shape index (κ3) is 3.49. The molecule has 1 fully saturated rings. The molecule has 6 nitrogen and oxygen atoms in total. The van der Waals surface area contributed by atoms with Gasteiger partial charge in [-0.3, -0.25) is 14.6 Å². The van der Waals surface area contributed by atoms with E-state index in [1.54, 1.807) is 6.20 Å². The zero-order valence-electron chi connectivity index (χ0n) is 15.9. The van der Waals surface area contributed by atoms with E-state index in [0.29, 0.717) is 18.8 Å². The second-order valence-electron chi connectivity index (χ2n) is 7.30. The fourth-order valence-electron chi connectivity index (χ4n) is 3.72. The van der Waals surface area contributed by atoms with E-state index >= 15 is 0 Å². The van der Waals surface area contributed by atoms with Crippen molar-refractivity contribution in [2.24, 2.45) is 0 Å². The molecule has 7 heteroatoms. The van der Waals surface area contributed by atoms with Crippen molar-refractivity contribution in [3.05, 3.63) is 59.0 Å². The first-order valence-electron chi connectivity index (χ1n) is 9.42. The molecule has 0 unspecified atom stereocenters. The van der Waals surface area contributed by atoms with Crippen molar-refractivity contribution in [2.75, 3.05) is 13.1 Å². The summed E-state index contributed by atoms with van der Waals surface area (Å²) >= 11 is 1.53. The number of benzene rings is 1. The first kappa shape index (κ1) is 18.6. The van der Waals surface area contributed by atoms with Crippen LogP contribution in [0, 0.1) is 0 Å². The zero-order valence-corrected chi connectivity index (χ0v) is 16.7. The largest absolute Gasteiger partial charge is 0.349 e. The number of nitrogens with one attached hydrogen (secondary N) is 1. The van der Waals surface area contributed by atoms with Crippen molar-refractivity contribution in [2.45, 2.75) is 32.2 Å². The predicted molar refractivity (Wildman–Crippen MR) is 110 cm³/mol. The fourth-order valence-corrected chi connectivity index (χ4v) is 4.91. The Labute approximate surface area is 167 Å². The molecular weight excluding hydrogens is 372 g/mol. The minimum atomic E-state index is -0.108. The standard InChI is InChI=1S/C21H22N4O2S/c1-13(2)24-20(26)19-18(15-5-3-4-6-17(15)28-19)14-7-10-25(12-14)21(27)16-11-22-8-9-23-16/h3-6,8-9,11,13-14H,7,10,12H2,1-2H3,(H,24,26)/t14-/m1/s1. The van der Waals surface area contributed by atoms with Gasteiger partial charge in [-0.2, -0.15) is 0 Å². The maximum atomic E-state index is 12.8. The second kappa shape index (κ2) is 7.67. The number of amides is 2. The molecule has 1 aliphatic rings. The lowest BCUT2D eigenvalue weighted by Gasteiger charge is -2.17. The smallest absolute Gasteiger partial charge is 0.274 e. The Morgan fingerprint density at radius 3 is 2.82 bits per heavy atom. The van der Waals surface area contributed by atoms with Gasteiger partial charge in [-0.1, -0.05) is 18.2 Å². The molecule has 3 aromatic rings. The summed E-state index contributed by atoms with van der Waals surface area (Å²) in [6.45, 7) is 5.15. The molecule has 0 spiro atoms. The Kier molecular flexibility index (Phi) is 5.09. The molecule has 1 aromatic carbocycles. The van der Waals surface area contributed by atoms with Crippen LogP contribution in [0.15, 0.2) is 42.9 Å². The Morgan fingerprint density at radius 1 is 1.25 bits per heavy atom. The molecule has 2 aromatic heterocycles. The highest BCUT2D eigenvalue weighted by molar-refractivity contribution is 7.21. The summed E-state index contributed by atoms with van der Waals surface area (Å²) < 4.78 is 1.10. The van der Waals surface area contributed by atoms with Gasteiger partial charge < -0.3 is 10.2 Å². The minimum Gasteiger partial charge on any atom is -0.349 e. The Hall–Kier alpha value is -2.80. The summed E-state index contributed by atoms with van der Waals surface area (Å²) in [5.41, 5.74) is 1.42. The first-order valence-corrected chi connectivity index (χ1v) is 10.2. The third-order valence-electron chi connectivity index (χ3n) is 4.93. The number of hydrogen-bond donors (Lipinski definition) is 1. The highest BCUT2D eigenvalue weighted by atomic mass is 32.1. The van der Waals surface area contributed by atoms with Gasteiger partial charge in [0.05, 0.1) is 11.1 Å². The van der Waals surface area contributed by atoms with Gasteiger partial charge in [0, 0.05) is 42.1 Å². The van der Waals surface area contributed by atoms with Crippen LogP contribution < -0.4 is 5.32 Å². The zero-order chi connectivity index (χ0) is 19.7. The van der Waals surface area contributed by atoms with Crippen molar-refractivity contribution in [3.8, 4) is 0 Å². The van der Waals surface area contributed by atoms with E-state index in [1.165, 1.54) is 23.7 Å². The van der Waals surface area contributed by atoms with Crippen LogP contribution in [0.1, 0.15) is 51.9 Å². The fraction of sp³-hybridized carbons (Fsp3) is 0.333. The average Bonchev–Trinajstić information content (AvgIpc) is 3.32. The van der Waals surface area contributed by atoms with E-state index in [9.17, 15) is 9.59 Å². The summed E-state index contributed by atoms with van der Waals surface area (Å²) in [6.07, 6.45) is 5.41. The molecule has 4 rings (SSSR count). The van der Waals surface area contributed by atoms with Crippen LogP contribution >= 0.6 is 11.3 Å². The number of rotatable bonds is 4. The van der Waals surface area contributed by atoms with Gasteiger partial charge in [0.25, 0.3) is 11.8 Å². The summed E-state index contributed by atoms with van der Waals surface area (Å²) in [4.78, 5) is 36.3. The van der Waals surface area contributed by atoms with E-state index in [2.05, 4.69) is 21.4 Å². The van der Waals surface area contributed by atoms with Gasteiger partial charge in [-0.25, -0.2) is 4.98 Å². The lowest BCUT2D eigenvalue weighted by atomic mass is 9.95. The first-order chi connectivity index (χ1) is 13.5. The van der Waals surface area contributed by atoms with Gasteiger partial charge in [0.15, 0.2) is 0 Å². The number of carbonyl (C=O) groups is 2. The van der Waals surface area contributed by atoms with Crippen LogP contribution in [0.4, 0.5) is 0 Å². The van der Waals surface area contributed by atoms with Gasteiger partial charge in [0.1, 0.15) is 5.69 Å². The third-order valence-corrected chi connectivity index (χ3v) is 6.11. The van der Waals surface area contributed by atoms with Crippen LogP contribution in [-0.2, 0) is 0 Å². The highest BCUT2D eigenvalue weighted by Crippen LogP contribution is 2.40. The summed E-state index contributed by atoms with van der Waals surface area (Å²) in [7, 11) is 0. The lowest BCUT2D eigenvalue weighted by molar-refractivity contribution is 0.0784. The van der Waals surface area contributed by atoms with Crippen molar-refractivity contribution >= 4 is 33.2 Å². The minimum absolute atomic E-state index is 0.0371. The molecule has 3 heterocycles. The number of thiophene rings is 1. The van der Waals surface area contributed by atoms with E-state index in [1.807, 2.05) is 36.9 Å². The van der Waals surface area contributed by atoms with Crippen LogP contribution in [0.2, 0.25) is 0 Å². The van der Waals surface area contributed by atoms with Crippen LogP contribution in [-0.4, -0.2) is 45.8 Å². The van der Waals surface area contributed by atoms with Gasteiger partial charge >= 0.3 is 0 Å². The van der Waals surface area contributed by atoms with E-state index in [-0.39, 0.29) is 23.8 Å². The molecule has 28 heavy (non-hydrogen) atoms. The number of aromatic nitrogens is 2. The van der Waals surface area contributed by atoms with Crippen molar-refractivity contribution in [1.29, 1.82) is 0 Å². The van der Waals surface area contributed by atoms with E-state index in [0.717, 1.165) is 26.9 Å². The summed E-state index contributed by atoms with van der Waals surface area (Å²) in [5, 5.41) is 4.13. The molecule has 1 saturated heterocycles. The van der Waals surface area contributed by atoms with Gasteiger partial charge in [-0.05, 0) is 37.3 Å². The monoisotopic (exact) mass is 394 g/mol. The number of fused-ring (bicyclic) bond motifs is 1. The number of carbonyl (C=O) groups excluding carboxylic acids is 2. The molecule has 144 valence electrons. The molecule has 1 N–H and O–H groups in total. The Morgan fingerprint density at radius 2 is 2.07 bits per heavy atom. The highest BCUT2D eigenvalue weighted by Gasteiger charge is 2.33. The van der Waals surface area contributed by atoms with E-state index < -0.39 is 0 Å². The molecule has 2 amide bonds. The van der Waals surface area contributed by atoms with Gasteiger partial charge in [0.2, 0.25) is 0 Å². The maximum absolute atomic E-state index is 12.8. The van der Waals surface area contributed by atoms with Crippen LogP contribution in [0.3, 0.4) is 0 Å². The van der Waals surface area contributed by atoms with Crippen LogP contribution in [0.25, 0.3) is 10.1 Å². The molecule has 0 aliphatic carbocycles. The predicted octanol–water partition coefficient (Wildman–Crippen LogP) is 3.46. The molecule has 0 radical (unpaired) electrons. The number of nitrogens with zero attached hydrogens (tertiary/aromatic N) is 3.